The zero-order valence-corrected chi connectivity index (χ0v) is 9.75. The number of hydrogen-bond donors (Lipinski definition) is 1. The van der Waals surface area contributed by atoms with Gasteiger partial charge in [-0.15, -0.1) is 0 Å². The molecule has 2 nitrogen and oxygen atoms in total. The van der Waals surface area contributed by atoms with Crippen LogP contribution < -0.4 is 5.32 Å². The maximum Gasteiger partial charge on any atom is 0.117 e. The van der Waals surface area contributed by atoms with Crippen molar-refractivity contribution in [3.8, 4) is 0 Å². The Morgan fingerprint density at radius 2 is 2.27 bits per heavy atom. The summed E-state index contributed by atoms with van der Waals surface area (Å²) in [7, 11) is 0. The minimum Gasteiger partial charge on any atom is -0.464 e. The Kier molecular flexibility index (Phi) is 3.47. The van der Waals surface area contributed by atoms with Gasteiger partial charge in [0, 0.05) is 5.92 Å². The van der Waals surface area contributed by atoms with Gasteiger partial charge >= 0.3 is 0 Å². The van der Waals surface area contributed by atoms with E-state index in [-0.39, 0.29) is 0 Å². The lowest BCUT2D eigenvalue weighted by atomic mass is 10.3. The Morgan fingerprint density at radius 3 is 2.93 bits per heavy atom. The van der Waals surface area contributed by atoms with Crippen LogP contribution in [0.4, 0.5) is 0 Å². The lowest BCUT2D eigenvalue weighted by Gasteiger charge is -2.00. The summed E-state index contributed by atoms with van der Waals surface area (Å²) in [5.41, 5.74) is 0. The highest BCUT2D eigenvalue weighted by atomic mass is 16.3. The van der Waals surface area contributed by atoms with Crippen molar-refractivity contribution in [2.45, 2.75) is 45.6 Å². The minimum absolute atomic E-state index is 0.703. The van der Waals surface area contributed by atoms with Crippen molar-refractivity contribution in [1.82, 2.24) is 5.32 Å². The molecule has 1 saturated carbocycles. The second-order valence-corrected chi connectivity index (χ2v) is 4.65. The average Bonchev–Trinajstić information content (AvgIpc) is 2.80. The van der Waals surface area contributed by atoms with Crippen LogP contribution in [0.1, 0.15) is 50.5 Å². The van der Waals surface area contributed by atoms with Gasteiger partial charge in [0.15, 0.2) is 0 Å². The SMILES string of the molecule is CCCCNCc1ccc(C2CC2C)o1. The van der Waals surface area contributed by atoms with Gasteiger partial charge in [-0.1, -0.05) is 20.3 Å². The van der Waals surface area contributed by atoms with Gasteiger partial charge in [-0.25, -0.2) is 0 Å². The fourth-order valence-corrected chi connectivity index (χ4v) is 1.92. The maximum absolute atomic E-state index is 5.80. The highest BCUT2D eigenvalue weighted by molar-refractivity contribution is 5.17. The first-order chi connectivity index (χ1) is 7.31. The highest BCUT2D eigenvalue weighted by Gasteiger charge is 2.36. The molecular weight excluding hydrogens is 186 g/mol. The van der Waals surface area contributed by atoms with Crippen LogP contribution >= 0.6 is 0 Å². The molecule has 2 heteroatoms. The summed E-state index contributed by atoms with van der Waals surface area (Å²) in [6.45, 7) is 6.46. The summed E-state index contributed by atoms with van der Waals surface area (Å²) < 4.78 is 5.80. The summed E-state index contributed by atoms with van der Waals surface area (Å²) in [6.07, 6.45) is 3.79. The van der Waals surface area contributed by atoms with E-state index in [1.807, 2.05) is 0 Å². The Morgan fingerprint density at radius 1 is 1.47 bits per heavy atom. The van der Waals surface area contributed by atoms with Gasteiger partial charge in [0.1, 0.15) is 11.5 Å². The zero-order valence-electron chi connectivity index (χ0n) is 9.75. The Bertz CT molecular complexity index is 305. The number of nitrogens with one attached hydrogen (secondary N) is 1. The maximum atomic E-state index is 5.80. The predicted molar refractivity (Wildman–Crippen MR) is 61.8 cm³/mol. The van der Waals surface area contributed by atoms with Gasteiger partial charge in [-0.2, -0.15) is 0 Å². The summed E-state index contributed by atoms with van der Waals surface area (Å²) in [4.78, 5) is 0. The van der Waals surface area contributed by atoms with Crippen molar-refractivity contribution in [3.63, 3.8) is 0 Å². The first-order valence-corrected chi connectivity index (χ1v) is 6.10. The summed E-state index contributed by atoms with van der Waals surface area (Å²) >= 11 is 0. The fourth-order valence-electron chi connectivity index (χ4n) is 1.92. The van der Waals surface area contributed by atoms with Crippen molar-refractivity contribution < 1.29 is 4.42 Å². The molecule has 15 heavy (non-hydrogen) atoms. The van der Waals surface area contributed by atoms with Gasteiger partial charge in [-0.05, 0) is 37.4 Å². The Balaban J connectivity index is 1.75. The van der Waals surface area contributed by atoms with E-state index in [2.05, 4.69) is 31.3 Å². The van der Waals surface area contributed by atoms with Gasteiger partial charge in [0.2, 0.25) is 0 Å². The summed E-state index contributed by atoms with van der Waals surface area (Å²) in [5.74, 6) is 3.81. The van der Waals surface area contributed by atoms with Crippen molar-refractivity contribution in [2.24, 2.45) is 5.92 Å². The van der Waals surface area contributed by atoms with E-state index in [0.717, 1.165) is 24.8 Å². The lowest BCUT2D eigenvalue weighted by Crippen LogP contribution is -2.13. The molecule has 0 aliphatic heterocycles. The number of hydrogen-bond acceptors (Lipinski definition) is 2. The molecule has 1 heterocycles. The molecule has 1 fully saturated rings. The van der Waals surface area contributed by atoms with Crippen LogP contribution in [0.2, 0.25) is 0 Å². The molecule has 0 amide bonds. The molecule has 0 spiro atoms. The monoisotopic (exact) mass is 207 g/mol. The molecule has 2 unspecified atom stereocenters. The number of unbranched alkanes of at least 4 members (excludes halogenated alkanes) is 1. The van der Waals surface area contributed by atoms with Crippen molar-refractivity contribution in [2.75, 3.05) is 6.54 Å². The van der Waals surface area contributed by atoms with Crippen molar-refractivity contribution >= 4 is 0 Å². The molecule has 1 aromatic rings. The number of furan rings is 1. The lowest BCUT2D eigenvalue weighted by molar-refractivity contribution is 0.443. The van der Waals surface area contributed by atoms with E-state index in [9.17, 15) is 0 Å². The molecule has 1 aliphatic rings. The van der Waals surface area contributed by atoms with Crippen LogP contribution in [0.3, 0.4) is 0 Å². The smallest absolute Gasteiger partial charge is 0.117 e. The summed E-state index contributed by atoms with van der Waals surface area (Å²) in [6, 6.07) is 4.25. The van der Waals surface area contributed by atoms with Gasteiger partial charge < -0.3 is 9.73 Å². The molecule has 2 atom stereocenters. The minimum atomic E-state index is 0.703. The van der Waals surface area contributed by atoms with E-state index in [0.29, 0.717) is 5.92 Å². The topological polar surface area (TPSA) is 25.2 Å². The average molecular weight is 207 g/mol. The van der Waals surface area contributed by atoms with Crippen LogP contribution in [0.5, 0.6) is 0 Å². The van der Waals surface area contributed by atoms with E-state index < -0.39 is 0 Å². The molecule has 0 bridgehead atoms. The summed E-state index contributed by atoms with van der Waals surface area (Å²) in [5, 5.41) is 3.39. The van der Waals surface area contributed by atoms with Crippen LogP contribution in [-0.4, -0.2) is 6.54 Å². The first kappa shape index (κ1) is 10.7. The molecule has 1 aliphatic carbocycles. The fraction of sp³-hybridized carbons (Fsp3) is 0.692. The van der Waals surface area contributed by atoms with Crippen molar-refractivity contribution in [3.05, 3.63) is 23.7 Å². The largest absolute Gasteiger partial charge is 0.464 e. The van der Waals surface area contributed by atoms with Crippen LogP contribution in [0, 0.1) is 5.92 Å². The third-order valence-corrected chi connectivity index (χ3v) is 3.16. The molecule has 84 valence electrons. The zero-order chi connectivity index (χ0) is 10.7. The van der Waals surface area contributed by atoms with E-state index >= 15 is 0 Å². The van der Waals surface area contributed by atoms with E-state index in [1.54, 1.807) is 0 Å². The standard InChI is InChI=1S/C13H21NO/c1-3-4-7-14-9-11-5-6-13(15-11)12-8-10(12)2/h5-6,10,12,14H,3-4,7-9H2,1-2H3. The molecule has 0 saturated heterocycles. The molecule has 0 aromatic carbocycles. The highest BCUT2D eigenvalue weighted by Crippen LogP contribution is 2.47. The van der Waals surface area contributed by atoms with Crippen LogP contribution in [-0.2, 0) is 6.54 Å². The van der Waals surface area contributed by atoms with Gasteiger partial charge in [0.25, 0.3) is 0 Å². The third-order valence-electron chi connectivity index (χ3n) is 3.16. The molecule has 2 rings (SSSR count). The normalized spacial score (nSPS) is 24.4. The third kappa shape index (κ3) is 2.85. The van der Waals surface area contributed by atoms with Gasteiger partial charge in [0.05, 0.1) is 6.54 Å². The van der Waals surface area contributed by atoms with Gasteiger partial charge in [-0.3, -0.25) is 0 Å². The molecule has 1 aromatic heterocycles. The molecule has 1 N–H and O–H groups in total. The second-order valence-electron chi connectivity index (χ2n) is 4.65. The van der Waals surface area contributed by atoms with E-state index in [4.69, 9.17) is 4.42 Å². The molecule has 0 radical (unpaired) electrons. The number of rotatable bonds is 6. The Labute approximate surface area is 92.1 Å². The predicted octanol–water partition coefficient (Wildman–Crippen LogP) is 3.29. The van der Waals surface area contributed by atoms with Crippen molar-refractivity contribution in [1.29, 1.82) is 0 Å². The Hall–Kier alpha value is -0.760. The van der Waals surface area contributed by atoms with Crippen LogP contribution in [0.25, 0.3) is 0 Å². The van der Waals surface area contributed by atoms with Crippen LogP contribution in [0.15, 0.2) is 16.5 Å². The first-order valence-electron chi connectivity index (χ1n) is 6.10. The quantitative estimate of drug-likeness (QED) is 0.724. The second kappa shape index (κ2) is 4.84. The van der Waals surface area contributed by atoms with E-state index in [1.165, 1.54) is 25.0 Å². The molecular formula is C13H21NO.